The van der Waals surface area contributed by atoms with Crippen LogP contribution in [-0.2, 0) is 11.3 Å². The molecule has 0 aromatic carbocycles. The summed E-state index contributed by atoms with van der Waals surface area (Å²) < 4.78 is 5.37. The van der Waals surface area contributed by atoms with Crippen LogP contribution in [0.25, 0.3) is 0 Å². The molecule has 3 heteroatoms. The van der Waals surface area contributed by atoms with Crippen molar-refractivity contribution >= 4 is 0 Å². The molecule has 0 unspecified atom stereocenters. The van der Waals surface area contributed by atoms with Crippen LogP contribution in [0.1, 0.15) is 29.3 Å². The molecule has 76 valence electrons. The van der Waals surface area contributed by atoms with E-state index >= 15 is 0 Å². The van der Waals surface area contributed by atoms with Crippen molar-refractivity contribution in [2.75, 3.05) is 13.2 Å². The number of nitrogens with two attached hydrogens (primary N) is 1. The van der Waals surface area contributed by atoms with E-state index in [1.807, 2.05) is 13.0 Å². The maximum absolute atomic E-state index is 5.68. The van der Waals surface area contributed by atoms with Gasteiger partial charge in [0.25, 0.3) is 0 Å². The van der Waals surface area contributed by atoms with Gasteiger partial charge in [0, 0.05) is 24.8 Å². The standard InChI is InChI=1S/C11H16N2O/c1-8-2-3-10(11(6-12)13-8)9-4-5-14-7-9/h2-3,9H,4-7,12H2,1H3/t9-/m1/s1. The van der Waals surface area contributed by atoms with Gasteiger partial charge in [0.2, 0.25) is 0 Å². The Bertz CT molecular complexity index is 319. The van der Waals surface area contributed by atoms with Crippen molar-refractivity contribution in [1.82, 2.24) is 4.98 Å². The van der Waals surface area contributed by atoms with Gasteiger partial charge >= 0.3 is 0 Å². The second kappa shape index (κ2) is 4.07. The number of pyridine rings is 1. The average molecular weight is 192 g/mol. The van der Waals surface area contributed by atoms with E-state index in [9.17, 15) is 0 Å². The third-order valence-electron chi connectivity index (χ3n) is 2.71. The molecule has 1 aromatic rings. The molecule has 3 nitrogen and oxygen atoms in total. The van der Waals surface area contributed by atoms with Crippen molar-refractivity contribution in [3.63, 3.8) is 0 Å². The first-order valence-electron chi connectivity index (χ1n) is 5.05. The van der Waals surface area contributed by atoms with Gasteiger partial charge < -0.3 is 10.5 Å². The molecular formula is C11H16N2O. The molecule has 0 aliphatic carbocycles. The van der Waals surface area contributed by atoms with Crippen molar-refractivity contribution in [3.05, 3.63) is 29.1 Å². The number of aryl methyl sites for hydroxylation is 1. The van der Waals surface area contributed by atoms with Crippen LogP contribution in [0.4, 0.5) is 0 Å². The lowest BCUT2D eigenvalue weighted by Crippen LogP contribution is -2.09. The lowest BCUT2D eigenvalue weighted by atomic mass is 9.96. The van der Waals surface area contributed by atoms with E-state index in [4.69, 9.17) is 10.5 Å². The van der Waals surface area contributed by atoms with Gasteiger partial charge in [-0.15, -0.1) is 0 Å². The Balaban J connectivity index is 2.31. The van der Waals surface area contributed by atoms with E-state index in [0.29, 0.717) is 12.5 Å². The summed E-state index contributed by atoms with van der Waals surface area (Å²) in [4.78, 5) is 4.46. The molecule has 2 heterocycles. The highest BCUT2D eigenvalue weighted by atomic mass is 16.5. The molecule has 1 aromatic heterocycles. The quantitative estimate of drug-likeness (QED) is 0.769. The lowest BCUT2D eigenvalue weighted by Gasteiger charge is -2.12. The third-order valence-corrected chi connectivity index (χ3v) is 2.71. The summed E-state index contributed by atoms with van der Waals surface area (Å²) in [6, 6.07) is 4.19. The Kier molecular flexibility index (Phi) is 2.79. The Morgan fingerprint density at radius 1 is 1.57 bits per heavy atom. The zero-order chi connectivity index (χ0) is 9.97. The molecule has 1 aliphatic rings. The maximum Gasteiger partial charge on any atom is 0.0578 e. The lowest BCUT2D eigenvalue weighted by molar-refractivity contribution is 0.193. The molecule has 1 atom stereocenters. The van der Waals surface area contributed by atoms with Crippen molar-refractivity contribution in [2.24, 2.45) is 5.73 Å². The number of ether oxygens (including phenoxy) is 1. The fourth-order valence-corrected chi connectivity index (χ4v) is 1.94. The van der Waals surface area contributed by atoms with E-state index in [-0.39, 0.29) is 0 Å². The Morgan fingerprint density at radius 2 is 2.43 bits per heavy atom. The monoisotopic (exact) mass is 192 g/mol. The summed E-state index contributed by atoms with van der Waals surface area (Å²) in [5, 5.41) is 0. The number of aromatic nitrogens is 1. The van der Waals surface area contributed by atoms with Crippen LogP contribution in [0.5, 0.6) is 0 Å². The fourth-order valence-electron chi connectivity index (χ4n) is 1.94. The molecule has 0 amide bonds. The first-order chi connectivity index (χ1) is 6.81. The van der Waals surface area contributed by atoms with E-state index < -0.39 is 0 Å². The molecule has 1 fully saturated rings. The minimum absolute atomic E-state index is 0.502. The van der Waals surface area contributed by atoms with E-state index in [0.717, 1.165) is 31.0 Å². The minimum atomic E-state index is 0.502. The molecule has 14 heavy (non-hydrogen) atoms. The number of rotatable bonds is 2. The van der Waals surface area contributed by atoms with E-state index in [2.05, 4.69) is 11.1 Å². The second-order valence-corrected chi connectivity index (χ2v) is 3.75. The molecule has 2 N–H and O–H groups in total. The van der Waals surface area contributed by atoms with E-state index in [1.165, 1.54) is 5.56 Å². The Labute approximate surface area is 84.3 Å². The Morgan fingerprint density at radius 3 is 3.07 bits per heavy atom. The highest BCUT2D eigenvalue weighted by Gasteiger charge is 2.20. The molecule has 0 saturated carbocycles. The Hall–Kier alpha value is -0.930. The zero-order valence-electron chi connectivity index (χ0n) is 8.49. The van der Waals surface area contributed by atoms with Gasteiger partial charge in [-0.05, 0) is 25.0 Å². The third kappa shape index (κ3) is 1.79. The van der Waals surface area contributed by atoms with Crippen molar-refractivity contribution in [3.8, 4) is 0 Å². The summed E-state index contributed by atoms with van der Waals surface area (Å²) >= 11 is 0. The summed E-state index contributed by atoms with van der Waals surface area (Å²) in [6.07, 6.45) is 1.09. The predicted molar refractivity (Wildman–Crippen MR) is 55.0 cm³/mol. The maximum atomic E-state index is 5.68. The summed E-state index contributed by atoms with van der Waals surface area (Å²) in [6.45, 7) is 4.20. The van der Waals surface area contributed by atoms with Crippen LogP contribution >= 0.6 is 0 Å². The molecule has 0 spiro atoms. The molecule has 1 aliphatic heterocycles. The highest BCUT2D eigenvalue weighted by Crippen LogP contribution is 2.27. The summed E-state index contributed by atoms with van der Waals surface area (Å²) in [5.74, 6) is 0.502. The van der Waals surface area contributed by atoms with Crippen LogP contribution in [0.2, 0.25) is 0 Å². The van der Waals surface area contributed by atoms with Gasteiger partial charge in [-0.1, -0.05) is 6.07 Å². The highest BCUT2D eigenvalue weighted by molar-refractivity contribution is 5.27. The normalized spacial score (nSPS) is 21.4. The summed E-state index contributed by atoms with van der Waals surface area (Å²) in [7, 11) is 0. The van der Waals surface area contributed by atoms with Gasteiger partial charge in [-0.2, -0.15) is 0 Å². The number of nitrogens with zero attached hydrogens (tertiary/aromatic N) is 1. The second-order valence-electron chi connectivity index (χ2n) is 3.75. The van der Waals surface area contributed by atoms with Crippen molar-refractivity contribution in [1.29, 1.82) is 0 Å². The van der Waals surface area contributed by atoms with Crippen LogP contribution in [-0.4, -0.2) is 18.2 Å². The molecular weight excluding hydrogens is 176 g/mol. The largest absolute Gasteiger partial charge is 0.381 e. The van der Waals surface area contributed by atoms with Crippen molar-refractivity contribution < 1.29 is 4.74 Å². The van der Waals surface area contributed by atoms with Crippen LogP contribution < -0.4 is 5.73 Å². The van der Waals surface area contributed by atoms with Gasteiger partial charge in [0.1, 0.15) is 0 Å². The first-order valence-corrected chi connectivity index (χ1v) is 5.05. The SMILES string of the molecule is Cc1ccc([C@@H]2CCOC2)c(CN)n1. The first kappa shape index (κ1) is 9.62. The van der Waals surface area contributed by atoms with Crippen LogP contribution in [0.3, 0.4) is 0 Å². The molecule has 1 saturated heterocycles. The topological polar surface area (TPSA) is 48.1 Å². The molecule has 2 rings (SSSR count). The molecule has 0 bridgehead atoms. The average Bonchev–Trinajstić information content (AvgIpc) is 2.70. The van der Waals surface area contributed by atoms with Crippen LogP contribution in [0, 0.1) is 6.92 Å². The smallest absolute Gasteiger partial charge is 0.0578 e. The molecule has 0 radical (unpaired) electrons. The minimum Gasteiger partial charge on any atom is -0.381 e. The van der Waals surface area contributed by atoms with Gasteiger partial charge in [-0.25, -0.2) is 0 Å². The van der Waals surface area contributed by atoms with Gasteiger partial charge in [0.05, 0.1) is 12.3 Å². The van der Waals surface area contributed by atoms with E-state index in [1.54, 1.807) is 0 Å². The summed E-state index contributed by atoms with van der Waals surface area (Å²) in [5.41, 5.74) is 9.02. The van der Waals surface area contributed by atoms with Crippen molar-refractivity contribution in [2.45, 2.75) is 25.8 Å². The zero-order valence-corrected chi connectivity index (χ0v) is 8.49. The van der Waals surface area contributed by atoms with Gasteiger partial charge in [0.15, 0.2) is 0 Å². The predicted octanol–water partition coefficient (Wildman–Crippen LogP) is 1.35. The number of hydrogen-bond donors (Lipinski definition) is 1. The van der Waals surface area contributed by atoms with Crippen LogP contribution in [0.15, 0.2) is 12.1 Å². The fraction of sp³-hybridized carbons (Fsp3) is 0.545. The van der Waals surface area contributed by atoms with Gasteiger partial charge in [-0.3, -0.25) is 4.98 Å². The number of hydrogen-bond acceptors (Lipinski definition) is 3.